The number of nitrogens with zero attached hydrogens (tertiary/aromatic N) is 2. The smallest absolute Gasteiger partial charge is 0.0943 e. The van der Waals surface area contributed by atoms with Crippen LogP contribution >= 0.6 is 0 Å². The summed E-state index contributed by atoms with van der Waals surface area (Å²) in [6.45, 7) is 0. The van der Waals surface area contributed by atoms with Gasteiger partial charge in [0, 0.05) is 11.1 Å². The first-order chi connectivity index (χ1) is 8.74. The van der Waals surface area contributed by atoms with Gasteiger partial charge in [-0.1, -0.05) is 12.2 Å². The van der Waals surface area contributed by atoms with Gasteiger partial charge in [-0.25, -0.2) is 0 Å². The highest BCUT2D eigenvalue weighted by Gasteiger charge is 2.56. The van der Waals surface area contributed by atoms with Crippen LogP contribution in [0.15, 0.2) is 23.3 Å². The minimum atomic E-state index is 0.207. The Morgan fingerprint density at radius 2 is 1.22 bits per heavy atom. The summed E-state index contributed by atoms with van der Waals surface area (Å²) in [6.07, 6.45) is 13.5. The van der Waals surface area contributed by atoms with Crippen LogP contribution in [0.2, 0.25) is 0 Å². The summed E-state index contributed by atoms with van der Waals surface area (Å²) in [6, 6.07) is 4.70. The summed E-state index contributed by atoms with van der Waals surface area (Å²) in [7, 11) is 0. The molecule has 1 saturated carbocycles. The SMILES string of the molecule is N#CC1=C[C@]2(CCC1)CC[C@]21C=C(C#N)CCC1. The number of allylic oxidation sites excluding steroid dienone is 4. The first kappa shape index (κ1) is 11.5. The molecular formula is C16H18N2. The Labute approximate surface area is 109 Å². The molecule has 0 unspecified atom stereocenters. The van der Waals surface area contributed by atoms with E-state index < -0.39 is 0 Å². The van der Waals surface area contributed by atoms with Gasteiger partial charge in [-0.3, -0.25) is 0 Å². The monoisotopic (exact) mass is 238 g/mol. The Bertz CT molecular complexity index is 466. The normalized spacial score (nSPS) is 38.3. The van der Waals surface area contributed by atoms with Crippen molar-refractivity contribution in [2.75, 3.05) is 0 Å². The van der Waals surface area contributed by atoms with E-state index in [-0.39, 0.29) is 10.8 Å². The molecule has 2 nitrogen and oxygen atoms in total. The maximum atomic E-state index is 9.14. The lowest BCUT2D eigenvalue weighted by Gasteiger charge is -2.60. The number of rotatable bonds is 0. The van der Waals surface area contributed by atoms with Gasteiger partial charge >= 0.3 is 0 Å². The number of fused-ring (bicyclic) bond motifs is 1. The van der Waals surface area contributed by atoms with E-state index in [4.69, 9.17) is 10.5 Å². The third kappa shape index (κ3) is 1.45. The quantitative estimate of drug-likeness (QED) is 0.640. The molecule has 0 aromatic rings. The van der Waals surface area contributed by atoms with Crippen LogP contribution in [0.5, 0.6) is 0 Å². The fraction of sp³-hybridized carbons (Fsp3) is 0.625. The molecule has 3 aliphatic rings. The lowest BCUT2D eigenvalue weighted by Crippen LogP contribution is -2.50. The summed E-state index contributed by atoms with van der Waals surface area (Å²) in [4.78, 5) is 0. The van der Waals surface area contributed by atoms with Gasteiger partial charge in [-0.2, -0.15) is 10.5 Å². The van der Waals surface area contributed by atoms with Crippen molar-refractivity contribution >= 4 is 0 Å². The van der Waals surface area contributed by atoms with Crippen LogP contribution in [0.25, 0.3) is 0 Å². The Hall–Kier alpha value is -1.54. The second-order valence-corrected chi connectivity index (χ2v) is 6.08. The zero-order chi connectivity index (χ0) is 12.6. The lowest BCUT2D eigenvalue weighted by atomic mass is 9.43. The molecule has 18 heavy (non-hydrogen) atoms. The minimum absolute atomic E-state index is 0.207. The Morgan fingerprint density at radius 3 is 1.56 bits per heavy atom. The molecule has 0 radical (unpaired) electrons. The molecule has 2 atom stereocenters. The van der Waals surface area contributed by atoms with E-state index in [1.807, 2.05) is 0 Å². The molecule has 3 rings (SSSR count). The third-order valence-electron chi connectivity index (χ3n) is 5.34. The number of nitriles is 2. The summed E-state index contributed by atoms with van der Waals surface area (Å²) in [5.41, 5.74) is 2.35. The molecule has 0 aromatic carbocycles. The van der Waals surface area contributed by atoms with Crippen molar-refractivity contribution in [2.45, 2.75) is 51.4 Å². The van der Waals surface area contributed by atoms with Crippen LogP contribution in [-0.2, 0) is 0 Å². The van der Waals surface area contributed by atoms with E-state index in [1.54, 1.807) is 0 Å². The average molecular weight is 238 g/mol. The molecule has 3 aliphatic carbocycles. The van der Waals surface area contributed by atoms with E-state index in [1.165, 1.54) is 25.7 Å². The molecule has 92 valence electrons. The van der Waals surface area contributed by atoms with Crippen molar-refractivity contribution in [1.29, 1.82) is 10.5 Å². The third-order valence-corrected chi connectivity index (χ3v) is 5.34. The van der Waals surface area contributed by atoms with Crippen molar-refractivity contribution in [3.05, 3.63) is 23.3 Å². The molecule has 0 saturated heterocycles. The average Bonchev–Trinajstić information content (AvgIpc) is 2.46. The van der Waals surface area contributed by atoms with Gasteiger partial charge in [0.05, 0.1) is 12.1 Å². The molecule has 0 amide bonds. The van der Waals surface area contributed by atoms with Crippen LogP contribution in [0.3, 0.4) is 0 Å². The standard InChI is InChI=1S/C16H18N2/c17-11-13-3-1-5-15(9-13)7-8-16(15)6-2-4-14(10-16)12-18/h9-10H,1-8H2/t15-,16+. The lowest BCUT2D eigenvalue weighted by molar-refractivity contribution is -0.0216. The van der Waals surface area contributed by atoms with E-state index in [0.29, 0.717) is 0 Å². The Kier molecular flexibility index (Phi) is 2.56. The highest BCUT2D eigenvalue weighted by Crippen LogP contribution is 2.66. The van der Waals surface area contributed by atoms with E-state index in [9.17, 15) is 0 Å². The highest BCUT2D eigenvalue weighted by molar-refractivity contribution is 5.37. The topological polar surface area (TPSA) is 47.6 Å². The molecule has 1 fully saturated rings. The van der Waals surface area contributed by atoms with Gasteiger partial charge in [-0.05, 0) is 62.2 Å². The van der Waals surface area contributed by atoms with Gasteiger partial charge in [-0.15, -0.1) is 0 Å². The van der Waals surface area contributed by atoms with Gasteiger partial charge in [0.15, 0.2) is 0 Å². The Balaban J connectivity index is 2.00. The predicted molar refractivity (Wildman–Crippen MR) is 69.2 cm³/mol. The first-order valence-corrected chi connectivity index (χ1v) is 6.97. The maximum Gasteiger partial charge on any atom is 0.0943 e. The highest BCUT2D eigenvalue weighted by atomic mass is 14.6. The summed E-state index contributed by atoms with van der Waals surface area (Å²) in [5, 5.41) is 18.3. The molecule has 0 aliphatic heterocycles. The second kappa shape index (κ2) is 3.99. The molecule has 0 N–H and O–H groups in total. The minimum Gasteiger partial charge on any atom is -0.193 e. The molecule has 0 heterocycles. The zero-order valence-corrected chi connectivity index (χ0v) is 10.7. The Morgan fingerprint density at radius 1 is 0.778 bits per heavy atom. The van der Waals surface area contributed by atoms with Crippen LogP contribution in [0, 0.1) is 33.5 Å². The number of hydrogen-bond donors (Lipinski definition) is 0. The zero-order valence-electron chi connectivity index (χ0n) is 10.7. The maximum absolute atomic E-state index is 9.14. The van der Waals surface area contributed by atoms with Gasteiger partial charge in [0.2, 0.25) is 0 Å². The first-order valence-electron chi connectivity index (χ1n) is 6.97. The molecule has 0 bridgehead atoms. The second-order valence-electron chi connectivity index (χ2n) is 6.08. The van der Waals surface area contributed by atoms with E-state index in [2.05, 4.69) is 24.3 Å². The van der Waals surface area contributed by atoms with Crippen molar-refractivity contribution in [2.24, 2.45) is 10.8 Å². The fourth-order valence-corrected chi connectivity index (χ4v) is 4.27. The number of hydrogen-bond acceptors (Lipinski definition) is 2. The molecule has 2 heteroatoms. The summed E-state index contributed by atoms with van der Waals surface area (Å²) in [5.74, 6) is 0. The molecule has 2 spiro atoms. The van der Waals surface area contributed by atoms with Crippen molar-refractivity contribution in [3.8, 4) is 12.1 Å². The molecule has 0 aromatic heterocycles. The van der Waals surface area contributed by atoms with Crippen molar-refractivity contribution in [1.82, 2.24) is 0 Å². The van der Waals surface area contributed by atoms with Crippen LogP contribution in [0.1, 0.15) is 51.4 Å². The van der Waals surface area contributed by atoms with Crippen molar-refractivity contribution < 1.29 is 0 Å². The fourth-order valence-electron chi connectivity index (χ4n) is 4.27. The van der Waals surface area contributed by atoms with Gasteiger partial charge in [0.1, 0.15) is 0 Å². The predicted octanol–water partition coefficient (Wildman–Crippen LogP) is 4.02. The van der Waals surface area contributed by atoms with Gasteiger partial charge in [0.25, 0.3) is 0 Å². The summed E-state index contributed by atoms with van der Waals surface area (Å²) < 4.78 is 0. The summed E-state index contributed by atoms with van der Waals surface area (Å²) >= 11 is 0. The van der Waals surface area contributed by atoms with Gasteiger partial charge < -0.3 is 0 Å². The van der Waals surface area contributed by atoms with Crippen LogP contribution in [-0.4, -0.2) is 0 Å². The van der Waals surface area contributed by atoms with Crippen molar-refractivity contribution in [3.63, 3.8) is 0 Å². The molecular weight excluding hydrogens is 220 g/mol. The van der Waals surface area contributed by atoms with E-state index >= 15 is 0 Å². The largest absolute Gasteiger partial charge is 0.193 e. The van der Waals surface area contributed by atoms with Crippen LogP contribution in [0.4, 0.5) is 0 Å². The van der Waals surface area contributed by atoms with Crippen LogP contribution < -0.4 is 0 Å². The van der Waals surface area contributed by atoms with E-state index in [0.717, 1.165) is 36.8 Å².